The summed E-state index contributed by atoms with van der Waals surface area (Å²) in [7, 11) is -2.13. The Kier molecular flexibility index (Phi) is 6.14. The predicted molar refractivity (Wildman–Crippen MR) is 134 cm³/mol. The minimum atomic E-state index is -3.68. The van der Waals surface area contributed by atoms with Crippen LogP contribution in [0.25, 0.3) is 11.0 Å². The molecule has 2 fully saturated rings. The van der Waals surface area contributed by atoms with Gasteiger partial charge in [0.25, 0.3) is 0 Å². The van der Waals surface area contributed by atoms with Crippen molar-refractivity contribution in [2.75, 3.05) is 24.1 Å². The number of methoxy groups -OCH3 is 1. The first-order valence-corrected chi connectivity index (χ1v) is 13.6. The van der Waals surface area contributed by atoms with E-state index in [1.807, 2.05) is 12.1 Å². The lowest BCUT2D eigenvalue weighted by Crippen LogP contribution is -2.51. The van der Waals surface area contributed by atoms with E-state index in [1.165, 1.54) is 29.3 Å². The van der Waals surface area contributed by atoms with Gasteiger partial charge in [-0.25, -0.2) is 18.2 Å². The second-order valence-electron chi connectivity index (χ2n) is 9.41. The average molecular weight is 527 g/mol. The molecule has 12 heteroatoms. The summed E-state index contributed by atoms with van der Waals surface area (Å²) in [5.74, 6) is -1.28. The van der Waals surface area contributed by atoms with Crippen LogP contribution in [0.4, 0.5) is 10.6 Å². The number of ether oxygens (including phenoxy) is 1. The first-order chi connectivity index (χ1) is 17.6. The molecule has 1 aromatic carbocycles. The minimum Gasteiger partial charge on any atom is -0.497 e. The molecule has 2 N–H and O–H groups in total. The Morgan fingerprint density at radius 2 is 1.78 bits per heavy atom. The predicted octanol–water partition coefficient (Wildman–Crippen LogP) is 2.60. The van der Waals surface area contributed by atoms with Gasteiger partial charge in [-0.2, -0.15) is 0 Å². The van der Waals surface area contributed by atoms with E-state index in [2.05, 4.69) is 10.3 Å². The number of nitrogens with zero attached hydrogens (tertiary/aromatic N) is 3. The molecule has 5 rings (SSSR count). The Balaban J connectivity index is 1.43. The molecule has 1 aliphatic carbocycles. The van der Waals surface area contributed by atoms with Gasteiger partial charge in [0.15, 0.2) is 9.84 Å². The fourth-order valence-electron chi connectivity index (χ4n) is 5.36. The minimum absolute atomic E-state index is 0.128. The summed E-state index contributed by atoms with van der Waals surface area (Å²) in [6.07, 6.45) is 2.92. The molecule has 2 aromatic heterocycles. The van der Waals surface area contributed by atoms with Crippen LogP contribution < -0.4 is 10.1 Å². The zero-order valence-corrected chi connectivity index (χ0v) is 20.9. The molecule has 1 atom stereocenters. The van der Waals surface area contributed by atoms with E-state index in [0.29, 0.717) is 29.6 Å². The van der Waals surface area contributed by atoms with E-state index in [4.69, 9.17) is 4.74 Å². The van der Waals surface area contributed by atoms with Crippen molar-refractivity contribution in [2.24, 2.45) is 0 Å². The number of carbonyl (C=O) groups excluding carboxylic acids is 2. The molecule has 0 radical (unpaired) electrons. The number of sulfone groups is 1. The third-order valence-corrected chi connectivity index (χ3v) is 8.69. The fourth-order valence-corrected chi connectivity index (χ4v) is 7.00. The maximum atomic E-state index is 14.0. The average Bonchev–Trinajstić information content (AvgIpc) is 3.60. The van der Waals surface area contributed by atoms with Crippen molar-refractivity contribution >= 4 is 44.6 Å². The second kappa shape index (κ2) is 9.18. The SMILES string of the molecule is COc1ccc(C2(C(=O)N3CS(=O)(=O)C[C@@H]3C(=O)Nc3ccc4c(ccn4C(=O)O)n3)CCCC2)cc1. The molecular formula is C25H26N4O7S. The molecule has 2 aliphatic rings. The summed E-state index contributed by atoms with van der Waals surface area (Å²) in [5.41, 5.74) is 0.543. The number of carboxylic acid groups (broad SMARTS) is 1. The van der Waals surface area contributed by atoms with Gasteiger partial charge in [-0.15, -0.1) is 0 Å². The lowest BCUT2D eigenvalue weighted by molar-refractivity contribution is -0.141. The zero-order chi connectivity index (χ0) is 26.4. The maximum Gasteiger partial charge on any atom is 0.416 e. The molecule has 1 saturated heterocycles. The highest BCUT2D eigenvalue weighted by molar-refractivity contribution is 7.91. The van der Waals surface area contributed by atoms with Gasteiger partial charge >= 0.3 is 6.09 Å². The molecule has 2 amide bonds. The molecule has 11 nitrogen and oxygen atoms in total. The van der Waals surface area contributed by atoms with Gasteiger partial charge in [0, 0.05) is 6.20 Å². The van der Waals surface area contributed by atoms with Gasteiger partial charge in [-0.05, 0) is 48.7 Å². The van der Waals surface area contributed by atoms with Crippen molar-refractivity contribution in [3.8, 4) is 5.75 Å². The largest absolute Gasteiger partial charge is 0.497 e. The Labute approximate surface area is 213 Å². The number of anilines is 1. The van der Waals surface area contributed by atoms with Crippen molar-refractivity contribution in [3.63, 3.8) is 0 Å². The van der Waals surface area contributed by atoms with Crippen molar-refractivity contribution in [1.82, 2.24) is 14.5 Å². The highest BCUT2D eigenvalue weighted by atomic mass is 32.2. The number of fused-ring (bicyclic) bond motifs is 1. The normalized spacial score (nSPS) is 20.1. The number of amides is 2. The number of benzene rings is 1. The summed E-state index contributed by atoms with van der Waals surface area (Å²) in [6.45, 7) is 0. The quantitative estimate of drug-likeness (QED) is 0.516. The number of nitrogens with one attached hydrogen (secondary N) is 1. The van der Waals surface area contributed by atoms with Crippen molar-refractivity contribution in [2.45, 2.75) is 37.1 Å². The first-order valence-electron chi connectivity index (χ1n) is 11.8. The van der Waals surface area contributed by atoms with Crippen LogP contribution in [0.2, 0.25) is 0 Å². The molecule has 0 unspecified atom stereocenters. The molecule has 194 valence electrons. The highest BCUT2D eigenvalue weighted by Crippen LogP contribution is 2.44. The van der Waals surface area contributed by atoms with E-state index in [9.17, 15) is 27.9 Å². The summed E-state index contributed by atoms with van der Waals surface area (Å²) in [5, 5.41) is 11.9. The van der Waals surface area contributed by atoms with Crippen LogP contribution >= 0.6 is 0 Å². The van der Waals surface area contributed by atoms with Gasteiger partial charge in [-0.3, -0.25) is 14.2 Å². The molecule has 1 saturated carbocycles. The molecular weight excluding hydrogens is 500 g/mol. The van der Waals surface area contributed by atoms with Crippen molar-refractivity contribution in [1.29, 1.82) is 0 Å². The number of aromatic nitrogens is 2. The van der Waals surface area contributed by atoms with Crippen LogP contribution in [0.5, 0.6) is 5.75 Å². The molecule has 0 spiro atoms. The lowest BCUT2D eigenvalue weighted by atomic mass is 9.77. The van der Waals surface area contributed by atoms with Crippen LogP contribution in [-0.2, 0) is 24.8 Å². The highest BCUT2D eigenvalue weighted by Gasteiger charge is 2.51. The van der Waals surface area contributed by atoms with E-state index in [-0.39, 0.29) is 11.7 Å². The third-order valence-electron chi connectivity index (χ3n) is 7.20. The van der Waals surface area contributed by atoms with Crippen LogP contribution in [0.15, 0.2) is 48.7 Å². The Hall–Kier alpha value is -3.93. The maximum absolute atomic E-state index is 14.0. The molecule has 0 bridgehead atoms. The van der Waals surface area contributed by atoms with Gasteiger partial charge < -0.3 is 20.1 Å². The van der Waals surface area contributed by atoms with Crippen molar-refractivity contribution < 1.29 is 32.6 Å². The Morgan fingerprint density at radius 1 is 1.08 bits per heavy atom. The van der Waals surface area contributed by atoms with E-state index < -0.39 is 44.9 Å². The van der Waals surface area contributed by atoms with E-state index in [1.54, 1.807) is 19.2 Å². The van der Waals surface area contributed by atoms with E-state index >= 15 is 0 Å². The monoisotopic (exact) mass is 526 g/mol. The number of rotatable bonds is 5. The van der Waals surface area contributed by atoms with Gasteiger partial charge in [0.1, 0.15) is 23.5 Å². The molecule has 1 aliphatic heterocycles. The Bertz CT molecular complexity index is 1490. The number of hydrogen-bond acceptors (Lipinski definition) is 7. The van der Waals surface area contributed by atoms with E-state index in [0.717, 1.165) is 23.0 Å². The summed E-state index contributed by atoms with van der Waals surface area (Å²) < 4.78 is 31.5. The summed E-state index contributed by atoms with van der Waals surface area (Å²) >= 11 is 0. The van der Waals surface area contributed by atoms with Gasteiger partial charge in [0.2, 0.25) is 11.8 Å². The number of hydrogen-bond donors (Lipinski definition) is 2. The molecule has 37 heavy (non-hydrogen) atoms. The molecule has 3 heterocycles. The van der Waals surface area contributed by atoms with Crippen LogP contribution in [-0.4, -0.2) is 70.7 Å². The second-order valence-corrected chi connectivity index (χ2v) is 11.5. The number of carbonyl (C=O) groups is 3. The van der Waals surface area contributed by atoms with Crippen molar-refractivity contribution in [3.05, 3.63) is 54.2 Å². The Morgan fingerprint density at radius 3 is 2.43 bits per heavy atom. The topological polar surface area (TPSA) is 148 Å². The van der Waals surface area contributed by atoms with Gasteiger partial charge in [-0.1, -0.05) is 25.0 Å². The smallest absolute Gasteiger partial charge is 0.416 e. The number of pyridine rings is 1. The lowest BCUT2D eigenvalue weighted by Gasteiger charge is -2.34. The fraction of sp³-hybridized carbons (Fsp3) is 0.360. The standard InChI is InChI=1S/C25H26N4O7S/c1-36-17-6-4-16(5-7-17)25(11-2-3-12-25)23(31)29-15-37(34,35)14-20(29)22(30)27-21-9-8-19-18(26-21)10-13-28(19)24(32)33/h4-10,13,20H,2-3,11-12,14-15H2,1H3,(H,32,33)(H,26,27,30)/t20-/m1/s1. The zero-order valence-electron chi connectivity index (χ0n) is 20.1. The summed E-state index contributed by atoms with van der Waals surface area (Å²) in [4.78, 5) is 44.0. The first kappa shape index (κ1) is 24.8. The summed E-state index contributed by atoms with van der Waals surface area (Å²) in [6, 6.07) is 10.4. The molecule has 3 aromatic rings. The van der Waals surface area contributed by atoms with Crippen LogP contribution in [0, 0.1) is 0 Å². The van der Waals surface area contributed by atoms with Gasteiger partial charge in [0.05, 0.1) is 29.3 Å². The third kappa shape index (κ3) is 4.41. The van der Waals surface area contributed by atoms with Crippen LogP contribution in [0.3, 0.4) is 0 Å². The van der Waals surface area contributed by atoms with Crippen LogP contribution in [0.1, 0.15) is 31.2 Å².